The predicted octanol–water partition coefficient (Wildman–Crippen LogP) is 3.66. The zero-order valence-electron chi connectivity index (χ0n) is 12.9. The molecule has 3 aromatic rings. The maximum absolute atomic E-state index is 9.34. The molecule has 2 aromatic carbocycles. The number of hydrogen-bond donors (Lipinski definition) is 1. The molecule has 0 saturated carbocycles. The van der Waals surface area contributed by atoms with Gasteiger partial charge in [-0.25, -0.2) is 4.98 Å². The fourth-order valence-electron chi connectivity index (χ4n) is 3.17. The van der Waals surface area contributed by atoms with Crippen LogP contribution in [0, 0.1) is 20.8 Å². The Morgan fingerprint density at radius 2 is 1.71 bits per heavy atom. The molecular weight excluding hydrogens is 260 g/mol. The molecule has 0 aliphatic carbocycles. The van der Waals surface area contributed by atoms with Crippen molar-refractivity contribution in [2.45, 2.75) is 27.4 Å². The largest absolute Gasteiger partial charge is 0.388 e. The fourth-order valence-corrected chi connectivity index (χ4v) is 3.17. The number of nitrogens with zero attached hydrogens (tertiary/aromatic N) is 2. The van der Waals surface area contributed by atoms with Crippen LogP contribution in [-0.2, 0) is 13.7 Å². The minimum Gasteiger partial charge on any atom is -0.388 e. The summed E-state index contributed by atoms with van der Waals surface area (Å²) in [6.07, 6.45) is 0. The SMILES string of the molecule is Cc1cc(C)c(-c2ccc3nc(CO)n(C)c3c2)c(C)c1. The lowest BCUT2D eigenvalue weighted by atomic mass is 9.94. The van der Waals surface area contributed by atoms with E-state index in [2.05, 4.69) is 50.0 Å². The van der Waals surface area contributed by atoms with E-state index in [1.54, 1.807) is 0 Å². The van der Waals surface area contributed by atoms with Crippen molar-refractivity contribution in [3.63, 3.8) is 0 Å². The standard InChI is InChI=1S/C18H20N2O/c1-11-7-12(2)18(13(3)8-11)14-5-6-15-16(9-14)20(4)17(10-21)19-15/h5-9,21H,10H2,1-4H3. The molecule has 1 N–H and O–H groups in total. The molecule has 0 amide bonds. The van der Waals surface area contributed by atoms with E-state index in [-0.39, 0.29) is 6.61 Å². The Morgan fingerprint density at radius 3 is 2.33 bits per heavy atom. The highest BCUT2D eigenvalue weighted by atomic mass is 16.3. The summed E-state index contributed by atoms with van der Waals surface area (Å²) in [6.45, 7) is 6.40. The highest BCUT2D eigenvalue weighted by molar-refractivity contribution is 5.84. The van der Waals surface area contributed by atoms with Crippen molar-refractivity contribution >= 4 is 11.0 Å². The first-order valence-corrected chi connectivity index (χ1v) is 7.15. The third-order valence-corrected chi connectivity index (χ3v) is 4.08. The van der Waals surface area contributed by atoms with Gasteiger partial charge in [0.1, 0.15) is 12.4 Å². The molecule has 0 aliphatic heterocycles. The molecule has 3 rings (SSSR count). The lowest BCUT2D eigenvalue weighted by Crippen LogP contribution is -1.96. The summed E-state index contributed by atoms with van der Waals surface area (Å²) in [6, 6.07) is 10.7. The van der Waals surface area contributed by atoms with Crippen LogP contribution in [0.5, 0.6) is 0 Å². The number of fused-ring (bicyclic) bond motifs is 1. The average molecular weight is 280 g/mol. The maximum atomic E-state index is 9.34. The van der Waals surface area contributed by atoms with E-state index >= 15 is 0 Å². The number of rotatable bonds is 2. The lowest BCUT2D eigenvalue weighted by Gasteiger charge is -2.12. The molecule has 0 unspecified atom stereocenters. The normalized spacial score (nSPS) is 11.3. The molecule has 0 spiro atoms. The second-order valence-electron chi connectivity index (χ2n) is 5.72. The third-order valence-electron chi connectivity index (χ3n) is 4.08. The number of aryl methyl sites for hydroxylation is 4. The molecule has 0 aliphatic rings. The van der Waals surface area contributed by atoms with E-state index in [1.165, 1.54) is 27.8 Å². The maximum Gasteiger partial charge on any atom is 0.135 e. The number of benzene rings is 2. The quantitative estimate of drug-likeness (QED) is 0.778. The van der Waals surface area contributed by atoms with Gasteiger partial charge in [0.25, 0.3) is 0 Å². The minimum atomic E-state index is -0.0386. The summed E-state index contributed by atoms with van der Waals surface area (Å²) >= 11 is 0. The number of hydrogen-bond acceptors (Lipinski definition) is 2. The van der Waals surface area contributed by atoms with Crippen LogP contribution >= 0.6 is 0 Å². The molecule has 3 nitrogen and oxygen atoms in total. The van der Waals surface area contributed by atoms with Gasteiger partial charge in [-0.2, -0.15) is 0 Å². The average Bonchev–Trinajstić information content (AvgIpc) is 2.74. The molecule has 1 heterocycles. The number of aliphatic hydroxyl groups is 1. The Bertz CT molecular complexity index is 808. The molecule has 108 valence electrons. The molecule has 3 heteroatoms. The Morgan fingerprint density at radius 1 is 1.05 bits per heavy atom. The van der Waals surface area contributed by atoms with Gasteiger partial charge in [0.05, 0.1) is 11.0 Å². The molecule has 0 atom stereocenters. The van der Waals surface area contributed by atoms with Crippen LogP contribution < -0.4 is 0 Å². The van der Waals surface area contributed by atoms with Gasteiger partial charge < -0.3 is 9.67 Å². The van der Waals surface area contributed by atoms with E-state index in [1.807, 2.05) is 17.7 Å². The number of imidazole rings is 1. The van der Waals surface area contributed by atoms with Gasteiger partial charge in [-0.3, -0.25) is 0 Å². The molecule has 0 bridgehead atoms. The summed E-state index contributed by atoms with van der Waals surface area (Å²) in [5.41, 5.74) is 8.33. The zero-order valence-corrected chi connectivity index (χ0v) is 12.9. The van der Waals surface area contributed by atoms with E-state index < -0.39 is 0 Å². The van der Waals surface area contributed by atoms with Gasteiger partial charge in [-0.1, -0.05) is 23.8 Å². The first-order chi connectivity index (χ1) is 10.0. The smallest absolute Gasteiger partial charge is 0.135 e. The molecule has 0 radical (unpaired) electrons. The summed E-state index contributed by atoms with van der Waals surface area (Å²) in [5.74, 6) is 0.694. The molecular formula is C18H20N2O. The van der Waals surface area contributed by atoms with Crippen molar-refractivity contribution in [2.75, 3.05) is 0 Å². The molecule has 0 saturated heterocycles. The third kappa shape index (κ3) is 2.24. The van der Waals surface area contributed by atoms with Crippen molar-refractivity contribution in [1.29, 1.82) is 0 Å². The Kier molecular flexibility index (Phi) is 3.30. The van der Waals surface area contributed by atoms with Gasteiger partial charge in [0.2, 0.25) is 0 Å². The van der Waals surface area contributed by atoms with Crippen molar-refractivity contribution in [3.8, 4) is 11.1 Å². The van der Waals surface area contributed by atoms with Crippen LogP contribution in [0.2, 0.25) is 0 Å². The highest BCUT2D eigenvalue weighted by Gasteiger charge is 2.11. The van der Waals surface area contributed by atoms with E-state index in [0.717, 1.165) is 11.0 Å². The van der Waals surface area contributed by atoms with Crippen LogP contribution in [0.1, 0.15) is 22.5 Å². The monoisotopic (exact) mass is 280 g/mol. The second kappa shape index (κ2) is 5.01. The first kappa shape index (κ1) is 13.8. The van der Waals surface area contributed by atoms with E-state index in [4.69, 9.17) is 0 Å². The number of aromatic nitrogens is 2. The van der Waals surface area contributed by atoms with Crippen molar-refractivity contribution < 1.29 is 5.11 Å². The van der Waals surface area contributed by atoms with Gasteiger partial charge in [0.15, 0.2) is 0 Å². The van der Waals surface area contributed by atoms with Crippen LogP contribution in [0.25, 0.3) is 22.2 Å². The first-order valence-electron chi connectivity index (χ1n) is 7.15. The van der Waals surface area contributed by atoms with Gasteiger partial charge >= 0.3 is 0 Å². The van der Waals surface area contributed by atoms with Gasteiger partial charge in [0, 0.05) is 7.05 Å². The number of aliphatic hydroxyl groups excluding tert-OH is 1. The van der Waals surface area contributed by atoms with Crippen molar-refractivity contribution in [2.24, 2.45) is 7.05 Å². The van der Waals surface area contributed by atoms with E-state index in [9.17, 15) is 5.11 Å². The fraction of sp³-hybridized carbons (Fsp3) is 0.278. The Balaban J connectivity index is 2.24. The predicted molar refractivity (Wildman–Crippen MR) is 86.3 cm³/mol. The molecule has 21 heavy (non-hydrogen) atoms. The summed E-state index contributed by atoms with van der Waals surface area (Å²) < 4.78 is 1.96. The van der Waals surface area contributed by atoms with Crippen LogP contribution in [-0.4, -0.2) is 14.7 Å². The van der Waals surface area contributed by atoms with Crippen LogP contribution in [0.4, 0.5) is 0 Å². The molecule has 1 aromatic heterocycles. The van der Waals surface area contributed by atoms with Crippen LogP contribution in [0.15, 0.2) is 30.3 Å². The zero-order chi connectivity index (χ0) is 15.1. The molecule has 0 fully saturated rings. The van der Waals surface area contributed by atoms with Crippen molar-refractivity contribution in [3.05, 3.63) is 52.8 Å². The minimum absolute atomic E-state index is 0.0386. The summed E-state index contributed by atoms with van der Waals surface area (Å²) in [4.78, 5) is 4.44. The van der Waals surface area contributed by atoms with E-state index in [0.29, 0.717) is 5.82 Å². The lowest BCUT2D eigenvalue weighted by molar-refractivity contribution is 0.268. The van der Waals surface area contributed by atoms with Gasteiger partial charge in [-0.05, 0) is 55.2 Å². The summed E-state index contributed by atoms with van der Waals surface area (Å²) in [7, 11) is 1.94. The van der Waals surface area contributed by atoms with Crippen molar-refractivity contribution in [1.82, 2.24) is 9.55 Å². The topological polar surface area (TPSA) is 38.1 Å². The van der Waals surface area contributed by atoms with Crippen LogP contribution in [0.3, 0.4) is 0 Å². The highest BCUT2D eigenvalue weighted by Crippen LogP contribution is 2.30. The van der Waals surface area contributed by atoms with Gasteiger partial charge in [-0.15, -0.1) is 0 Å². The summed E-state index contributed by atoms with van der Waals surface area (Å²) in [5, 5.41) is 9.34. The second-order valence-corrected chi connectivity index (χ2v) is 5.72. The Hall–Kier alpha value is -2.13. The Labute approximate surface area is 124 Å².